The fraction of sp³-hybridized carbons (Fsp3) is 0.130. The highest BCUT2D eigenvalue weighted by atomic mass is 35.5. The van der Waals surface area contributed by atoms with E-state index in [1.807, 2.05) is 0 Å². The van der Waals surface area contributed by atoms with Crippen LogP contribution in [0, 0.1) is 10.1 Å². The van der Waals surface area contributed by atoms with Crippen LogP contribution in [0.3, 0.4) is 0 Å². The zero-order chi connectivity index (χ0) is 24.0. The Balaban J connectivity index is 1.42. The number of imide groups is 1. The van der Waals surface area contributed by atoms with Crippen molar-refractivity contribution in [3.8, 4) is 0 Å². The normalized spacial score (nSPS) is 17.2. The van der Waals surface area contributed by atoms with Gasteiger partial charge in [0, 0.05) is 23.6 Å². The maximum Gasteiger partial charge on any atom is 0.270 e. The van der Waals surface area contributed by atoms with Crippen molar-refractivity contribution < 1.29 is 23.7 Å². The molecule has 11 heteroatoms. The van der Waals surface area contributed by atoms with E-state index in [1.54, 1.807) is 36.4 Å². The van der Waals surface area contributed by atoms with Gasteiger partial charge >= 0.3 is 0 Å². The van der Waals surface area contributed by atoms with Gasteiger partial charge in [0.05, 0.1) is 28.0 Å². The van der Waals surface area contributed by atoms with Crippen LogP contribution in [0.4, 0.5) is 5.69 Å². The largest absolute Gasteiger partial charge is 0.467 e. The van der Waals surface area contributed by atoms with Crippen molar-refractivity contribution in [3.05, 3.63) is 98.4 Å². The first-order valence-corrected chi connectivity index (χ1v) is 10.5. The number of hydrogen-bond acceptors (Lipinski definition) is 7. The highest BCUT2D eigenvalue weighted by Crippen LogP contribution is 2.34. The molecule has 0 N–H and O–H groups in total. The predicted octanol–water partition coefficient (Wildman–Crippen LogP) is 3.82. The highest BCUT2D eigenvalue weighted by Gasteiger charge is 2.41. The Morgan fingerprint density at radius 3 is 2.53 bits per heavy atom. The number of nitro benzene ring substituents is 1. The lowest BCUT2D eigenvalue weighted by Gasteiger charge is -2.22. The molecule has 10 nitrogen and oxygen atoms in total. The molecular formula is C23H15ClN4O6. The Morgan fingerprint density at radius 2 is 1.85 bits per heavy atom. The van der Waals surface area contributed by atoms with Gasteiger partial charge in [0.25, 0.3) is 23.4 Å². The summed E-state index contributed by atoms with van der Waals surface area (Å²) >= 11 is 5.97. The van der Waals surface area contributed by atoms with E-state index in [0.29, 0.717) is 22.9 Å². The molecule has 170 valence electrons. The number of carbonyl (C=O) groups excluding carboxylic acids is 3. The van der Waals surface area contributed by atoms with Gasteiger partial charge in [-0.25, -0.2) is 5.01 Å². The fourth-order valence-corrected chi connectivity index (χ4v) is 4.13. The molecule has 3 heterocycles. The van der Waals surface area contributed by atoms with Crippen molar-refractivity contribution in [3.63, 3.8) is 0 Å². The van der Waals surface area contributed by atoms with Crippen LogP contribution < -0.4 is 0 Å². The van der Waals surface area contributed by atoms with Crippen LogP contribution in [0.2, 0.25) is 5.02 Å². The minimum atomic E-state index is -0.771. The van der Waals surface area contributed by atoms with Crippen LogP contribution in [-0.2, 0) is 4.79 Å². The van der Waals surface area contributed by atoms with Crippen LogP contribution in [0.5, 0.6) is 0 Å². The lowest BCUT2D eigenvalue weighted by atomic mass is 10.0. The molecule has 2 aliphatic heterocycles. The molecule has 1 atom stereocenters. The van der Waals surface area contributed by atoms with Gasteiger partial charge < -0.3 is 4.42 Å². The third-order valence-corrected chi connectivity index (χ3v) is 5.93. The topological polar surface area (TPSA) is 126 Å². The maximum absolute atomic E-state index is 13.3. The van der Waals surface area contributed by atoms with E-state index in [9.17, 15) is 24.5 Å². The van der Waals surface area contributed by atoms with Gasteiger partial charge in [-0.15, -0.1) is 0 Å². The molecule has 1 aromatic heterocycles. The average Bonchev–Trinajstić information content (AvgIpc) is 3.55. The van der Waals surface area contributed by atoms with E-state index in [0.717, 1.165) is 22.6 Å². The lowest BCUT2D eigenvalue weighted by molar-refractivity contribution is -0.384. The lowest BCUT2D eigenvalue weighted by Crippen LogP contribution is -2.41. The summed E-state index contributed by atoms with van der Waals surface area (Å²) in [6.07, 6.45) is 1.84. The Morgan fingerprint density at radius 1 is 1.12 bits per heavy atom. The van der Waals surface area contributed by atoms with Gasteiger partial charge in [0.1, 0.15) is 18.3 Å². The molecule has 0 bridgehead atoms. The number of nitrogens with zero attached hydrogens (tertiary/aromatic N) is 4. The second kappa shape index (κ2) is 8.23. The molecule has 0 aliphatic carbocycles. The van der Waals surface area contributed by atoms with E-state index >= 15 is 0 Å². The van der Waals surface area contributed by atoms with Gasteiger partial charge in [0.2, 0.25) is 0 Å². The van der Waals surface area contributed by atoms with Gasteiger partial charge in [-0.1, -0.05) is 23.7 Å². The molecule has 2 aromatic carbocycles. The van der Waals surface area contributed by atoms with Crippen molar-refractivity contribution in [2.45, 2.75) is 12.5 Å². The van der Waals surface area contributed by atoms with E-state index in [2.05, 4.69) is 5.10 Å². The van der Waals surface area contributed by atoms with E-state index in [4.69, 9.17) is 16.0 Å². The monoisotopic (exact) mass is 478 g/mol. The summed E-state index contributed by atoms with van der Waals surface area (Å²) in [5, 5.41) is 17.3. The van der Waals surface area contributed by atoms with E-state index in [-0.39, 0.29) is 16.8 Å². The van der Waals surface area contributed by atoms with Crippen LogP contribution in [0.1, 0.15) is 44.5 Å². The SMILES string of the molecule is O=C1c2ccc([N+](=O)[O-])cc2C(=O)N1CC(=O)N1N=C(c2ccc(Cl)cc2)CC1c1ccco1. The number of amides is 3. The molecular weight excluding hydrogens is 464 g/mol. The molecule has 2 aliphatic rings. The number of hydrazone groups is 1. The second-order valence-corrected chi connectivity index (χ2v) is 8.15. The summed E-state index contributed by atoms with van der Waals surface area (Å²) in [6, 6.07) is 13.2. The van der Waals surface area contributed by atoms with Crippen molar-refractivity contribution >= 4 is 40.7 Å². The molecule has 0 fully saturated rings. The first-order chi connectivity index (χ1) is 16.3. The van der Waals surface area contributed by atoms with Gasteiger partial charge in [-0.3, -0.25) is 29.4 Å². The zero-order valence-electron chi connectivity index (χ0n) is 17.4. The van der Waals surface area contributed by atoms with Crippen LogP contribution in [0.25, 0.3) is 0 Å². The van der Waals surface area contributed by atoms with Crippen molar-refractivity contribution in [1.29, 1.82) is 0 Å². The Hall–Kier alpha value is -4.31. The summed E-state index contributed by atoms with van der Waals surface area (Å²) in [7, 11) is 0. The Labute approximate surface area is 197 Å². The summed E-state index contributed by atoms with van der Waals surface area (Å²) in [4.78, 5) is 50.0. The summed E-state index contributed by atoms with van der Waals surface area (Å²) in [5.74, 6) is -1.57. The van der Waals surface area contributed by atoms with Crippen molar-refractivity contribution in [2.75, 3.05) is 6.54 Å². The number of nitro groups is 1. The molecule has 3 amide bonds. The third-order valence-electron chi connectivity index (χ3n) is 5.67. The molecule has 34 heavy (non-hydrogen) atoms. The number of rotatable bonds is 5. The molecule has 0 saturated heterocycles. The number of fused-ring (bicyclic) bond motifs is 1. The molecule has 0 saturated carbocycles. The maximum atomic E-state index is 13.3. The summed E-state index contributed by atoms with van der Waals surface area (Å²) in [5.41, 5.74) is 0.968. The first-order valence-electron chi connectivity index (χ1n) is 10.2. The van der Waals surface area contributed by atoms with Gasteiger partial charge in [0.15, 0.2) is 0 Å². The van der Waals surface area contributed by atoms with Crippen molar-refractivity contribution in [1.82, 2.24) is 9.91 Å². The summed E-state index contributed by atoms with van der Waals surface area (Å²) in [6.45, 7) is -0.575. The standard InChI is InChI=1S/C23H15ClN4O6/c24-14-5-3-13(4-6-14)18-11-19(20-2-1-9-34-20)27(25-18)21(29)12-26-22(30)16-8-7-15(28(32)33)10-17(16)23(26)31/h1-10,19H,11-12H2. The van der Waals surface area contributed by atoms with Gasteiger partial charge in [-0.05, 0) is 35.9 Å². The number of benzene rings is 2. The Kier molecular flexibility index (Phi) is 5.21. The van der Waals surface area contributed by atoms with E-state index < -0.39 is 35.2 Å². The molecule has 1 unspecified atom stereocenters. The molecule has 3 aromatic rings. The van der Waals surface area contributed by atoms with Crippen molar-refractivity contribution in [2.24, 2.45) is 5.10 Å². The number of non-ortho nitro benzene ring substituents is 1. The molecule has 0 radical (unpaired) electrons. The minimum Gasteiger partial charge on any atom is -0.467 e. The molecule has 5 rings (SSSR count). The average molecular weight is 479 g/mol. The second-order valence-electron chi connectivity index (χ2n) is 7.71. The highest BCUT2D eigenvalue weighted by molar-refractivity contribution is 6.30. The first kappa shape index (κ1) is 21.5. The van der Waals surface area contributed by atoms with Crippen LogP contribution in [-0.4, -0.2) is 44.8 Å². The number of hydrogen-bond donors (Lipinski definition) is 0. The quantitative estimate of drug-likeness (QED) is 0.311. The third kappa shape index (κ3) is 3.63. The number of carbonyl (C=O) groups is 3. The zero-order valence-corrected chi connectivity index (χ0v) is 18.1. The predicted molar refractivity (Wildman–Crippen MR) is 119 cm³/mol. The smallest absolute Gasteiger partial charge is 0.270 e. The fourth-order valence-electron chi connectivity index (χ4n) is 4.00. The Bertz CT molecular complexity index is 1370. The number of halogens is 1. The minimum absolute atomic E-state index is 0.0118. The summed E-state index contributed by atoms with van der Waals surface area (Å²) < 4.78 is 5.50. The molecule has 0 spiro atoms. The van der Waals surface area contributed by atoms with Crippen LogP contribution >= 0.6 is 11.6 Å². The van der Waals surface area contributed by atoms with Gasteiger partial charge in [-0.2, -0.15) is 5.10 Å². The van der Waals surface area contributed by atoms with E-state index in [1.165, 1.54) is 17.3 Å². The van der Waals surface area contributed by atoms with Crippen LogP contribution in [0.15, 0.2) is 70.4 Å². The number of furan rings is 1.